The molecule has 1 amide bonds. The molecule has 0 N–H and O–H groups in total. The highest BCUT2D eigenvalue weighted by Gasteiger charge is 2.21. The fourth-order valence-corrected chi connectivity index (χ4v) is 2.85. The number of benzene rings is 2. The fraction of sp³-hybridized carbons (Fsp3) is 0.200. The molecule has 1 heterocycles. The molecule has 0 bridgehead atoms. The zero-order chi connectivity index (χ0) is 17.1. The molecule has 0 radical (unpaired) electrons. The third-order valence-corrected chi connectivity index (χ3v) is 4.16. The number of carbonyl (C=O) groups excluding carboxylic acids is 2. The minimum Gasteiger partial charge on any atom is -0.309 e. The van der Waals surface area contributed by atoms with Crippen molar-refractivity contribution in [3.63, 3.8) is 0 Å². The Bertz CT molecular complexity index is 809. The van der Waals surface area contributed by atoms with Gasteiger partial charge in [0, 0.05) is 23.9 Å². The van der Waals surface area contributed by atoms with Crippen molar-refractivity contribution in [2.45, 2.75) is 19.8 Å². The van der Waals surface area contributed by atoms with E-state index < -0.39 is 0 Å². The Labute approximate surface area is 140 Å². The van der Waals surface area contributed by atoms with Crippen molar-refractivity contribution >= 4 is 23.5 Å². The maximum absolute atomic E-state index is 12.9. The Kier molecular flexibility index (Phi) is 4.56. The minimum atomic E-state index is -0.305. The Morgan fingerprint density at radius 1 is 1.12 bits per heavy atom. The Hall–Kier alpha value is -2.75. The lowest BCUT2D eigenvalue weighted by atomic mass is 9.98. The van der Waals surface area contributed by atoms with Gasteiger partial charge in [-0.15, -0.1) is 0 Å². The summed E-state index contributed by atoms with van der Waals surface area (Å²) in [7, 11) is 0. The number of Topliss-reactive ketones (excluding diaryl/α,β-unsaturated/α-hetero) is 1. The molecular weight excluding hydrogens is 305 g/mol. The van der Waals surface area contributed by atoms with Crippen LogP contribution in [0.3, 0.4) is 0 Å². The molecule has 0 saturated heterocycles. The van der Waals surface area contributed by atoms with E-state index in [2.05, 4.69) is 0 Å². The molecule has 0 atom stereocenters. The molecular formula is C20H18FNO2. The van der Waals surface area contributed by atoms with Gasteiger partial charge in [-0.2, -0.15) is 0 Å². The molecule has 0 aromatic heterocycles. The van der Waals surface area contributed by atoms with Crippen molar-refractivity contribution in [1.29, 1.82) is 0 Å². The summed E-state index contributed by atoms with van der Waals surface area (Å²) in [6, 6.07) is 11.5. The molecule has 0 spiro atoms. The Morgan fingerprint density at radius 3 is 2.58 bits per heavy atom. The first-order valence-corrected chi connectivity index (χ1v) is 7.93. The molecule has 3 nitrogen and oxygen atoms in total. The number of carbonyl (C=O) groups is 2. The van der Waals surface area contributed by atoms with Crippen LogP contribution in [0.25, 0.3) is 6.08 Å². The zero-order valence-electron chi connectivity index (χ0n) is 13.5. The van der Waals surface area contributed by atoms with Gasteiger partial charge in [0.1, 0.15) is 5.82 Å². The van der Waals surface area contributed by atoms with Gasteiger partial charge in [-0.3, -0.25) is 9.59 Å². The van der Waals surface area contributed by atoms with E-state index in [0.29, 0.717) is 12.1 Å². The number of rotatable bonds is 3. The van der Waals surface area contributed by atoms with E-state index >= 15 is 0 Å². The van der Waals surface area contributed by atoms with Crippen molar-refractivity contribution < 1.29 is 14.0 Å². The first-order chi connectivity index (χ1) is 11.5. The predicted octanol–water partition coefficient (Wildman–Crippen LogP) is 4.02. The lowest BCUT2D eigenvalue weighted by molar-refractivity contribution is -0.114. The average molecular weight is 323 g/mol. The normalized spacial score (nSPS) is 13.8. The van der Waals surface area contributed by atoms with Gasteiger partial charge in [0.2, 0.25) is 0 Å². The number of halogens is 1. The Morgan fingerprint density at radius 2 is 1.88 bits per heavy atom. The van der Waals surface area contributed by atoms with Crippen LogP contribution in [0.2, 0.25) is 0 Å². The quantitative estimate of drug-likeness (QED) is 0.632. The third-order valence-electron chi connectivity index (χ3n) is 4.16. The van der Waals surface area contributed by atoms with Crippen LogP contribution in [0.5, 0.6) is 0 Å². The predicted molar refractivity (Wildman–Crippen MR) is 92.6 cm³/mol. The largest absolute Gasteiger partial charge is 0.309 e. The molecule has 2 aromatic rings. The topological polar surface area (TPSA) is 37.4 Å². The molecule has 0 fully saturated rings. The Balaban J connectivity index is 1.85. The molecule has 24 heavy (non-hydrogen) atoms. The van der Waals surface area contributed by atoms with Gasteiger partial charge in [0.05, 0.1) is 0 Å². The molecule has 4 heteroatoms. The summed E-state index contributed by atoms with van der Waals surface area (Å²) in [6.45, 7) is 2.14. The maximum atomic E-state index is 12.9. The summed E-state index contributed by atoms with van der Waals surface area (Å²) in [5.74, 6) is -0.459. The smallest absolute Gasteiger partial charge is 0.250 e. The molecule has 0 unspecified atom stereocenters. The maximum Gasteiger partial charge on any atom is 0.250 e. The van der Waals surface area contributed by atoms with Crippen molar-refractivity contribution in [3.05, 3.63) is 71.0 Å². The number of ketones is 1. The highest BCUT2D eigenvalue weighted by atomic mass is 19.1. The first kappa shape index (κ1) is 16.1. The van der Waals surface area contributed by atoms with Crippen molar-refractivity contribution in [2.24, 2.45) is 0 Å². The number of hydrogen-bond acceptors (Lipinski definition) is 2. The second-order valence-corrected chi connectivity index (χ2v) is 5.88. The molecule has 2 aromatic carbocycles. The van der Waals surface area contributed by atoms with Crippen LogP contribution in [0, 0.1) is 5.82 Å². The number of fused-ring (bicyclic) bond motifs is 1. The number of nitrogens with zero attached hydrogens (tertiary/aromatic N) is 1. The van der Waals surface area contributed by atoms with Crippen LogP contribution >= 0.6 is 0 Å². The van der Waals surface area contributed by atoms with Crippen molar-refractivity contribution in [3.8, 4) is 0 Å². The average Bonchev–Trinajstić information content (AvgIpc) is 2.60. The van der Waals surface area contributed by atoms with E-state index in [1.807, 2.05) is 12.1 Å². The van der Waals surface area contributed by atoms with Crippen LogP contribution in [0.1, 0.15) is 34.8 Å². The van der Waals surface area contributed by atoms with Gasteiger partial charge in [-0.25, -0.2) is 4.39 Å². The van der Waals surface area contributed by atoms with Crippen LogP contribution in [-0.4, -0.2) is 18.2 Å². The van der Waals surface area contributed by atoms with E-state index in [1.165, 1.54) is 25.1 Å². The molecule has 1 aliphatic rings. The summed E-state index contributed by atoms with van der Waals surface area (Å²) in [4.78, 5) is 25.9. The number of aryl methyl sites for hydroxylation is 1. The van der Waals surface area contributed by atoms with E-state index in [1.54, 1.807) is 29.2 Å². The van der Waals surface area contributed by atoms with E-state index in [4.69, 9.17) is 0 Å². The molecule has 0 aliphatic carbocycles. The summed E-state index contributed by atoms with van der Waals surface area (Å²) in [5, 5.41) is 0. The number of hydrogen-bond donors (Lipinski definition) is 0. The summed E-state index contributed by atoms with van der Waals surface area (Å²) in [6.07, 6.45) is 4.95. The van der Waals surface area contributed by atoms with Gasteiger partial charge >= 0.3 is 0 Å². The SMILES string of the molecule is CC(=O)c1ccc2c(c1)N(C(=O)/C=C/c1ccc(F)cc1)CCC2. The lowest BCUT2D eigenvalue weighted by Gasteiger charge is -2.29. The minimum absolute atomic E-state index is 0.0161. The van der Waals surface area contributed by atoms with Crippen LogP contribution in [-0.2, 0) is 11.2 Å². The van der Waals surface area contributed by atoms with Crippen LogP contribution in [0.15, 0.2) is 48.5 Å². The molecule has 122 valence electrons. The monoisotopic (exact) mass is 323 g/mol. The third kappa shape index (κ3) is 3.43. The second kappa shape index (κ2) is 6.79. The van der Waals surface area contributed by atoms with E-state index in [9.17, 15) is 14.0 Å². The second-order valence-electron chi connectivity index (χ2n) is 5.88. The number of amides is 1. The zero-order valence-corrected chi connectivity index (χ0v) is 13.5. The molecule has 1 aliphatic heterocycles. The van der Waals surface area contributed by atoms with E-state index in [0.717, 1.165) is 29.7 Å². The van der Waals surface area contributed by atoms with E-state index in [-0.39, 0.29) is 17.5 Å². The van der Waals surface area contributed by atoms with Gasteiger partial charge in [0.25, 0.3) is 5.91 Å². The summed E-state index contributed by atoms with van der Waals surface area (Å²) < 4.78 is 12.9. The standard InChI is InChI=1S/C20H18FNO2/c1-14(23)17-8-7-16-3-2-12-22(19(16)13-17)20(24)11-6-15-4-9-18(21)10-5-15/h4-11,13H,2-3,12H2,1H3/b11-6+. The molecule has 3 rings (SSSR count). The van der Waals surface area contributed by atoms with Crippen LogP contribution in [0.4, 0.5) is 10.1 Å². The first-order valence-electron chi connectivity index (χ1n) is 7.93. The van der Waals surface area contributed by atoms with Gasteiger partial charge < -0.3 is 4.90 Å². The van der Waals surface area contributed by atoms with Gasteiger partial charge in [-0.1, -0.05) is 24.3 Å². The summed E-state index contributed by atoms with van der Waals surface area (Å²) in [5.41, 5.74) is 3.26. The highest BCUT2D eigenvalue weighted by Crippen LogP contribution is 2.28. The van der Waals surface area contributed by atoms with Crippen LogP contribution < -0.4 is 4.90 Å². The summed E-state index contributed by atoms with van der Waals surface area (Å²) >= 11 is 0. The number of anilines is 1. The fourth-order valence-electron chi connectivity index (χ4n) is 2.85. The van der Waals surface area contributed by atoms with Crippen molar-refractivity contribution in [2.75, 3.05) is 11.4 Å². The highest BCUT2D eigenvalue weighted by molar-refractivity contribution is 6.05. The van der Waals surface area contributed by atoms with Crippen molar-refractivity contribution in [1.82, 2.24) is 0 Å². The lowest BCUT2D eigenvalue weighted by Crippen LogP contribution is -2.34. The molecule has 0 saturated carbocycles. The van der Waals surface area contributed by atoms with Gasteiger partial charge in [0.15, 0.2) is 5.78 Å². The van der Waals surface area contributed by atoms with Gasteiger partial charge in [-0.05, 0) is 55.2 Å².